The number of pyridine rings is 1. The highest BCUT2D eigenvalue weighted by Crippen LogP contribution is 2.10. The van der Waals surface area contributed by atoms with Crippen LogP contribution >= 0.6 is 0 Å². The fourth-order valence-electron chi connectivity index (χ4n) is 2.96. The molecule has 6 heteroatoms. The lowest BCUT2D eigenvalue weighted by atomic mass is 10.1. The maximum atomic E-state index is 12.6. The molecule has 1 aromatic heterocycles. The van der Waals surface area contributed by atoms with Crippen LogP contribution in [0.25, 0.3) is 0 Å². The molecule has 0 radical (unpaired) electrons. The zero-order chi connectivity index (χ0) is 18.5. The number of carbonyl (C=O) groups is 2. The van der Waals surface area contributed by atoms with Crippen molar-refractivity contribution in [3.05, 3.63) is 65.0 Å². The molecule has 3 rings (SSSR count). The third kappa shape index (κ3) is 4.26. The molecule has 1 aromatic carbocycles. The minimum Gasteiger partial charge on any atom is -0.348 e. The summed E-state index contributed by atoms with van der Waals surface area (Å²) in [6.45, 7) is 5.56. The molecule has 0 saturated carbocycles. The van der Waals surface area contributed by atoms with Crippen LogP contribution in [0.15, 0.2) is 42.7 Å². The third-order valence-electron chi connectivity index (χ3n) is 4.74. The van der Waals surface area contributed by atoms with Crippen molar-refractivity contribution in [1.29, 1.82) is 0 Å². The third-order valence-corrected chi connectivity index (χ3v) is 4.74. The first kappa shape index (κ1) is 18.1. The molecule has 0 atom stereocenters. The van der Waals surface area contributed by atoms with Crippen molar-refractivity contribution < 1.29 is 9.59 Å². The van der Waals surface area contributed by atoms with Crippen molar-refractivity contribution in [3.8, 4) is 0 Å². The average molecular weight is 352 g/mol. The van der Waals surface area contributed by atoms with Crippen molar-refractivity contribution >= 4 is 11.8 Å². The van der Waals surface area contributed by atoms with Crippen LogP contribution in [0.3, 0.4) is 0 Å². The lowest BCUT2D eigenvalue weighted by Crippen LogP contribution is -2.47. The fourth-order valence-corrected chi connectivity index (χ4v) is 2.96. The zero-order valence-electron chi connectivity index (χ0n) is 15.2. The molecular formula is C20H24N4O2. The molecule has 2 amide bonds. The quantitative estimate of drug-likeness (QED) is 0.910. The van der Waals surface area contributed by atoms with Gasteiger partial charge in [0.25, 0.3) is 11.8 Å². The van der Waals surface area contributed by atoms with Crippen LogP contribution in [0.4, 0.5) is 0 Å². The highest BCUT2D eigenvalue weighted by atomic mass is 16.2. The van der Waals surface area contributed by atoms with Crippen LogP contribution in [0, 0.1) is 6.92 Å². The van der Waals surface area contributed by atoms with E-state index in [1.807, 2.05) is 43.1 Å². The van der Waals surface area contributed by atoms with Crippen molar-refractivity contribution in [3.63, 3.8) is 0 Å². The van der Waals surface area contributed by atoms with Crippen LogP contribution in [0.5, 0.6) is 0 Å². The normalized spacial score (nSPS) is 14.9. The fraction of sp³-hybridized carbons (Fsp3) is 0.350. The van der Waals surface area contributed by atoms with Crippen molar-refractivity contribution in [2.75, 3.05) is 33.2 Å². The number of rotatable bonds is 4. The van der Waals surface area contributed by atoms with Gasteiger partial charge in [-0.15, -0.1) is 0 Å². The second kappa shape index (κ2) is 8.10. The van der Waals surface area contributed by atoms with Gasteiger partial charge in [0, 0.05) is 45.1 Å². The van der Waals surface area contributed by atoms with Gasteiger partial charge in [0.15, 0.2) is 0 Å². The first-order valence-corrected chi connectivity index (χ1v) is 8.80. The number of aromatic nitrogens is 1. The molecule has 2 aromatic rings. The van der Waals surface area contributed by atoms with Crippen molar-refractivity contribution in [2.24, 2.45) is 0 Å². The summed E-state index contributed by atoms with van der Waals surface area (Å²) in [6.07, 6.45) is 3.02. The Kier molecular flexibility index (Phi) is 5.63. The van der Waals surface area contributed by atoms with Gasteiger partial charge in [0.1, 0.15) is 0 Å². The van der Waals surface area contributed by atoms with Crippen molar-refractivity contribution in [1.82, 2.24) is 20.1 Å². The Hall–Kier alpha value is -2.73. The summed E-state index contributed by atoms with van der Waals surface area (Å²) in [5.41, 5.74) is 3.06. The van der Waals surface area contributed by atoms with Crippen LogP contribution in [0.2, 0.25) is 0 Å². The van der Waals surface area contributed by atoms with Gasteiger partial charge in [-0.3, -0.25) is 14.6 Å². The molecule has 136 valence electrons. The van der Waals surface area contributed by atoms with Gasteiger partial charge in [-0.25, -0.2) is 0 Å². The minimum absolute atomic E-state index is 0.0702. The van der Waals surface area contributed by atoms with Crippen LogP contribution < -0.4 is 5.32 Å². The number of piperazine rings is 1. The van der Waals surface area contributed by atoms with E-state index in [1.165, 1.54) is 12.4 Å². The maximum absolute atomic E-state index is 12.6. The number of benzene rings is 1. The Labute approximate surface area is 153 Å². The zero-order valence-corrected chi connectivity index (χ0v) is 15.2. The summed E-state index contributed by atoms with van der Waals surface area (Å²) in [7, 11) is 2.04. The number of nitrogens with one attached hydrogen (secondary N) is 1. The molecular weight excluding hydrogens is 328 g/mol. The SMILES string of the molecule is Cc1ccccc1CNC(=O)c1cncc(C(=O)N2CCN(C)CC2)c1. The molecule has 0 spiro atoms. The van der Waals surface area contributed by atoms with Gasteiger partial charge in [-0.2, -0.15) is 0 Å². The van der Waals surface area contributed by atoms with Gasteiger partial charge < -0.3 is 15.1 Å². The largest absolute Gasteiger partial charge is 0.348 e. The average Bonchev–Trinajstić information content (AvgIpc) is 2.67. The first-order valence-electron chi connectivity index (χ1n) is 8.80. The molecule has 1 aliphatic rings. The summed E-state index contributed by atoms with van der Waals surface area (Å²) in [4.78, 5) is 33.2. The predicted octanol–water partition coefficient (Wildman–Crippen LogP) is 1.71. The number of hydrogen-bond donors (Lipinski definition) is 1. The van der Waals surface area contributed by atoms with E-state index in [2.05, 4.69) is 15.2 Å². The molecule has 1 aliphatic heterocycles. The maximum Gasteiger partial charge on any atom is 0.255 e. The first-order chi connectivity index (χ1) is 12.5. The summed E-state index contributed by atoms with van der Waals surface area (Å²) in [5, 5.41) is 2.90. The molecule has 6 nitrogen and oxygen atoms in total. The van der Waals surface area contributed by atoms with Gasteiger partial charge in [-0.05, 0) is 31.2 Å². The van der Waals surface area contributed by atoms with Gasteiger partial charge >= 0.3 is 0 Å². The Bertz CT molecular complexity index is 798. The Morgan fingerprint density at radius 2 is 1.77 bits per heavy atom. The molecule has 1 fully saturated rings. The van der Waals surface area contributed by atoms with Crippen LogP contribution in [0.1, 0.15) is 31.8 Å². The highest BCUT2D eigenvalue weighted by molar-refractivity contribution is 5.99. The van der Waals surface area contributed by atoms with E-state index in [-0.39, 0.29) is 11.8 Å². The van der Waals surface area contributed by atoms with Gasteiger partial charge in [-0.1, -0.05) is 24.3 Å². The smallest absolute Gasteiger partial charge is 0.255 e. The van der Waals surface area contributed by atoms with E-state index in [0.29, 0.717) is 30.8 Å². The monoisotopic (exact) mass is 352 g/mol. The second-order valence-electron chi connectivity index (χ2n) is 6.67. The Balaban J connectivity index is 1.65. The van der Waals surface area contributed by atoms with E-state index in [0.717, 1.165) is 24.2 Å². The van der Waals surface area contributed by atoms with Crippen LogP contribution in [-0.4, -0.2) is 59.8 Å². The molecule has 1 N–H and O–H groups in total. The number of carbonyl (C=O) groups excluding carboxylic acids is 2. The molecule has 2 heterocycles. The highest BCUT2D eigenvalue weighted by Gasteiger charge is 2.21. The molecule has 0 bridgehead atoms. The summed E-state index contributed by atoms with van der Waals surface area (Å²) < 4.78 is 0. The van der Waals surface area contributed by atoms with E-state index < -0.39 is 0 Å². The van der Waals surface area contributed by atoms with E-state index in [9.17, 15) is 9.59 Å². The molecule has 0 aliphatic carbocycles. The topological polar surface area (TPSA) is 65.5 Å². The van der Waals surface area contributed by atoms with E-state index in [4.69, 9.17) is 0 Å². The molecule has 0 unspecified atom stereocenters. The lowest BCUT2D eigenvalue weighted by Gasteiger charge is -2.32. The number of likely N-dealkylation sites (N-methyl/N-ethyl adjacent to an activating group) is 1. The Morgan fingerprint density at radius 3 is 2.50 bits per heavy atom. The summed E-state index contributed by atoms with van der Waals surface area (Å²) >= 11 is 0. The minimum atomic E-state index is -0.228. The predicted molar refractivity (Wildman–Crippen MR) is 100.0 cm³/mol. The molecule has 26 heavy (non-hydrogen) atoms. The van der Waals surface area contributed by atoms with Gasteiger partial charge in [0.2, 0.25) is 0 Å². The number of aryl methyl sites for hydroxylation is 1. The van der Waals surface area contributed by atoms with Gasteiger partial charge in [0.05, 0.1) is 11.1 Å². The summed E-state index contributed by atoms with van der Waals surface area (Å²) in [5.74, 6) is -0.298. The lowest BCUT2D eigenvalue weighted by molar-refractivity contribution is 0.0663. The van der Waals surface area contributed by atoms with E-state index >= 15 is 0 Å². The number of amides is 2. The van der Waals surface area contributed by atoms with Crippen LogP contribution in [-0.2, 0) is 6.54 Å². The summed E-state index contributed by atoms with van der Waals surface area (Å²) in [6, 6.07) is 9.55. The Morgan fingerprint density at radius 1 is 1.08 bits per heavy atom. The number of nitrogens with zero attached hydrogens (tertiary/aromatic N) is 3. The second-order valence-corrected chi connectivity index (χ2v) is 6.67. The van der Waals surface area contributed by atoms with E-state index in [1.54, 1.807) is 6.07 Å². The standard InChI is InChI=1S/C20H24N4O2/c1-15-5-3-4-6-16(15)14-22-19(25)17-11-18(13-21-12-17)20(26)24-9-7-23(2)8-10-24/h3-6,11-13H,7-10,14H2,1-2H3,(H,22,25). The molecule has 1 saturated heterocycles. The van der Waals surface area contributed by atoms with Crippen molar-refractivity contribution in [2.45, 2.75) is 13.5 Å². The number of hydrogen-bond acceptors (Lipinski definition) is 4.